The number of aromatic amines is 1. The van der Waals surface area contributed by atoms with Crippen LogP contribution in [0.3, 0.4) is 0 Å². The van der Waals surface area contributed by atoms with E-state index in [4.69, 9.17) is 5.73 Å². The lowest BCUT2D eigenvalue weighted by Gasteiger charge is -2.21. The number of hydrogen-bond donors (Lipinski definition) is 4. The summed E-state index contributed by atoms with van der Waals surface area (Å²) in [5, 5.41) is 19.5. The van der Waals surface area contributed by atoms with Crippen LogP contribution < -0.4 is 16.2 Å². The zero-order valence-corrected chi connectivity index (χ0v) is 15.8. The van der Waals surface area contributed by atoms with Crippen LogP contribution in [0, 0.1) is 11.8 Å². The molecule has 28 heavy (non-hydrogen) atoms. The summed E-state index contributed by atoms with van der Waals surface area (Å²) in [5.74, 6) is -0.672. The van der Waals surface area contributed by atoms with Crippen LogP contribution in [0.2, 0.25) is 0 Å². The minimum atomic E-state index is -1.44. The predicted molar refractivity (Wildman–Crippen MR) is 107 cm³/mol. The first-order chi connectivity index (χ1) is 13.4. The molecule has 0 bridgehead atoms. The van der Waals surface area contributed by atoms with E-state index in [2.05, 4.69) is 9.88 Å². The molecule has 1 aliphatic heterocycles. The molecule has 2 fully saturated rings. The first kappa shape index (κ1) is 18.6. The Morgan fingerprint density at radius 2 is 1.96 bits per heavy atom. The maximum atomic E-state index is 12.1. The molecule has 4 rings (SSSR count). The van der Waals surface area contributed by atoms with Crippen molar-refractivity contribution >= 4 is 11.7 Å². The lowest BCUT2D eigenvalue weighted by Crippen LogP contribution is -2.30. The van der Waals surface area contributed by atoms with Crippen molar-refractivity contribution in [2.45, 2.75) is 32.2 Å². The Balaban J connectivity index is 1.65. The molecule has 5 N–H and O–H groups in total. The maximum absolute atomic E-state index is 12.1. The summed E-state index contributed by atoms with van der Waals surface area (Å²) in [5.41, 5.74) is 7.54. The highest BCUT2D eigenvalue weighted by atomic mass is 16.4. The van der Waals surface area contributed by atoms with Crippen LogP contribution in [0.5, 0.6) is 5.75 Å². The molecule has 1 aliphatic carbocycles. The molecule has 0 unspecified atom stereocenters. The standard InChI is InChI=1S/C21H25N3O4/c1-2-14-18(23-20(26)17(19(14)25)21(27)28)11-3-6-13(7-4-11)24-9-12-5-8-16(22)15(12)10-24/h3-4,6-7,12,15-16H,2,5,8-10,22H2,1H3,(H,27,28)(H2,23,25,26)/t12-,15+,16-/m1/s1. The van der Waals surface area contributed by atoms with Crippen LogP contribution in [-0.2, 0) is 6.42 Å². The van der Waals surface area contributed by atoms with Gasteiger partial charge in [-0.25, -0.2) is 4.79 Å². The lowest BCUT2D eigenvalue weighted by molar-refractivity contribution is 0.0691. The monoisotopic (exact) mass is 383 g/mol. The molecule has 7 nitrogen and oxygen atoms in total. The van der Waals surface area contributed by atoms with Gasteiger partial charge in [-0.3, -0.25) is 4.79 Å². The van der Waals surface area contributed by atoms with Crippen LogP contribution in [0.1, 0.15) is 35.7 Å². The van der Waals surface area contributed by atoms with Gasteiger partial charge in [0.2, 0.25) is 0 Å². The van der Waals surface area contributed by atoms with Gasteiger partial charge in [0.25, 0.3) is 5.56 Å². The van der Waals surface area contributed by atoms with Crippen LogP contribution in [0.25, 0.3) is 11.3 Å². The lowest BCUT2D eigenvalue weighted by atomic mass is 9.98. The normalized spacial score (nSPS) is 23.8. The molecule has 2 aliphatic rings. The molecule has 1 saturated heterocycles. The third kappa shape index (κ3) is 2.96. The Morgan fingerprint density at radius 3 is 2.57 bits per heavy atom. The largest absolute Gasteiger partial charge is 0.506 e. The Hall–Kier alpha value is -2.80. The molecule has 148 valence electrons. The molecule has 3 atom stereocenters. The smallest absolute Gasteiger partial charge is 0.345 e. The summed E-state index contributed by atoms with van der Waals surface area (Å²) in [7, 11) is 0. The van der Waals surface area contributed by atoms with Gasteiger partial charge in [0.05, 0.1) is 5.69 Å². The molecule has 1 saturated carbocycles. The van der Waals surface area contributed by atoms with E-state index in [0.29, 0.717) is 35.6 Å². The summed E-state index contributed by atoms with van der Waals surface area (Å²) in [6.45, 7) is 3.79. The van der Waals surface area contributed by atoms with Gasteiger partial charge in [-0.2, -0.15) is 0 Å². The van der Waals surface area contributed by atoms with Crippen molar-refractivity contribution in [3.8, 4) is 17.0 Å². The minimum Gasteiger partial charge on any atom is -0.506 e. The number of pyridine rings is 1. The van der Waals surface area contributed by atoms with Crippen molar-refractivity contribution in [3.05, 3.63) is 45.7 Å². The molecular formula is C21H25N3O4. The number of anilines is 1. The Kier molecular flexibility index (Phi) is 4.63. The average Bonchev–Trinajstić information content (AvgIpc) is 3.23. The second-order valence-electron chi connectivity index (χ2n) is 7.81. The van der Waals surface area contributed by atoms with Crippen molar-refractivity contribution in [1.29, 1.82) is 0 Å². The van der Waals surface area contributed by atoms with Gasteiger partial charge in [0, 0.05) is 30.4 Å². The highest BCUT2D eigenvalue weighted by molar-refractivity contribution is 5.92. The Bertz CT molecular complexity index is 967. The molecule has 0 spiro atoms. The first-order valence-corrected chi connectivity index (χ1v) is 9.73. The number of benzene rings is 1. The van der Waals surface area contributed by atoms with Gasteiger partial charge in [0.15, 0.2) is 5.56 Å². The van der Waals surface area contributed by atoms with Crippen LogP contribution >= 0.6 is 0 Å². The number of aromatic hydroxyl groups is 1. The maximum Gasteiger partial charge on any atom is 0.345 e. The number of nitrogens with two attached hydrogens (primary N) is 1. The van der Waals surface area contributed by atoms with E-state index >= 15 is 0 Å². The number of rotatable bonds is 4. The minimum absolute atomic E-state index is 0.294. The molecule has 0 radical (unpaired) electrons. The number of fused-ring (bicyclic) bond motifs is 1. The summed E-state index contributed by atoms with van der Waals surface area (Å²) in [6.07, 6.45) is 2.70. The fourth-order valence-corrected chi connectivity index (χ4v) is 4.77. The van der Waals surface area contributed by atoms with Crippen LogP contribution in [0.15, 0.2) is 29.1 Å². The van der Waals surface area contributed by atoms with E-state index in [1.165, 1.54) is 6.42 Å². The number of nitrogens with zero attached hydrogens (tertiary/aromatic N) is 1. The van der Waals surface area contributed by atoms with E-state index in [1.54, 1.807) is 0 Å². The topological polar surface area (TPSA) is 120 Å². The predicted octanol–water partition coefficient (Wildman–Crippen LogP) is 2.18. The number of carboxylic acids is 1. The number of carbonyl (C=O) groups is 1. The molecular weight excluding hydrogens is 358 g/mol. The number of nitrogens with one attached hydrogen (secondary N) is 1. The zero-order chi connectivity index (χ0) is 20.0. The third-order valence-corrected chi connectivity index (χ3v) is 6.29. The average molecular weight is 383 g/mol. The molecule has 1 aromatic heterocycles. The van der Waals surface area contributed by atoms with Crippen molar-refractivity contribution < 1.29 is 15.0 Å². The Morgan fingerprint density at radius 1 is 1.25 bits per heavy atom. The first-order valence-electron chi connectivity index (χ1n) is 9.73. The van der Waals surface area contributed by atoms with Crippen molar-refractivity contribution in [1.82, 2.24) is 4.98 Å². The SMILES string of the molecule is CCc1c(-c2ccc(N3C[C@H]4CC[C@@H](N)[C@H]4C3)cc2)[nH]c(=O)c(C(=O)O)c1O. The number of aromatic carboxylic acids is 1. The number of H-pyrrole nitrogens is 1. The van der Waals surface area contributed by atoms with E-state index < -0.39 is 22.8 Å². The third-order valence-electron chi connectivity index (χ3n) is 6.29. The van der Waals surface area contributed by atoms with E-state index in [9.17, 15) is 19.8 Å². The summed E-state index contributed by atoms with van der Waals surface area (Å²) in [4.78, 5) is 28.4. The van der Waals surface area contributed by atoms with Gasteiger partial charge in [0.1, 0.15) is 5.75 Å². The van der Waals surface area contributed by atoms with Gasteiger partial charge in [-0.15, -0.1) is 0 Å². The number of aromatic nitrogens is 1. The second kappa shape index (κ2) is 6.98. The summed E-state index contributed by atoms with van der Waals surface area (Å²) >= 11 is 0. The Labute approximate surface area is 162 Å². The van der Waals surface area contributed by atoms with Crippen molar-refractivity contribution in [3.63, 3.8) is 0 Å². The molecule has 1 aromatic carbocycles. The number of carboxylic acid groups (broad SMARTS) is 1. The van der Waals surface area contributed by atoms with E-state index in [0.717, 1.165) is 30.8 Å². The van der Waals surface area contributed by atoms with E-state index in [-0.39, 0.29) is 0 Å². The fraction of sp³-hybridized carbons (Fsp3) is 0.429. The van der Waals surface area contributed by atoms with Crippen LogP contribution in [-0.4, -0.2) is 40.3 Å². The van der Waals surface area contributed by atoms with Gasteiger partial charge in [-0.1, -0.05) is 19.1 Å². The van der Waals surface area contributed by atoms with Crippen molar-refractivity contribution in [2.24, 2.45) is 17.6 Å². The summed E-state index contributed by atoms with van der Waals surface area (Å²) < 4.78 is 0. The molecule has 2 aromatic rings. The quantitative estimate of drug-likeness (QED) is 0.642. The second-order valence-corrected chi connectivity index (χ2v) is 7.81. The fourth-order valence-electron chi connectivity index (χ4n) is 4.77. The molecule has 0 amide bonds. The van der Waals surface area contributed by atoms with Crippen molar-refractivity contribution in [2.75, 3.05) is 18.0 Å². The highest BCUT2D eigenvalue weighted by Gasteiger charge is 2.40. The van der Waals surface area contributed by atoms with Gasteiger partial charge in [-0.05, 0) is 48.8 Å². The number of hydrogen-bond acceptors (Lipinski definition) is 5. The summed E-state index contributed by atoms with van der Waals surface area (Å²) in [6, 6.07) is 8.09. The van der Waals surface area contributed by atoms with Gasteiger partial charge >= 0.3 is 5.97 Å². The zero-order valence-electron chi connectivity index (χ0n) is 15.8. The van der Waals surface area contributed by atoms with Crippen LogP contribution in [0.4, 0.5) is 5.69 Å². The van der Waals surface area contributed by atoms with E-state index in [1.807, 2.05) is 31.2 Å². The highest BCUT2D eigenvalue weighted by Crippen LogP contribution is 2.39. The molecule has 2 heterocycles. The van der Waals surface area contributed by atoms with Gasteiger partial charge < -0.3 is 25.8 Å². The molecule has 7 heteroatoms.